The molecule has 7 heteroatoms. The molecule has 2 fully saturated rings. The monoisotopic (exact) mass is 373 g/mol. The molecule has 0 bridgehead atoms. The first-order valence-corrected chi connectivity index (χ1v) is 9.70. The van der Waals surface area contributed by atoms with Gasteiger partial charge in [-0.1, -0.05) is 0 Å². The fourth-order valence-electron chi connectivity index (χ4n) is 4.35. The van der Waals surface area contributed by atoms with Gasteiger partial charge in [0.05, 0.1) is 0 Å². The van der Waals surface area contributed by atoms with Crippen LogP contribution in [0.3, 0.4) is 0 Å². The summed E-state index contributed by atoms with van der Waals surface area (Å²) in [6.07, 6.45) is 2.28. The van der Waals surface area contributed by atoms with Gasteiger partial charge in [0, 0.05) is 31.7 Å². The molecule has 1 spiro atoms. The molecule has 1 aromatic rings. The highest BCUT2D eigenvalue weighted by Crippen LogP contribution is 2.35. The van der Waals surface area contributed by atoms with E-state index < -0.39 is 5.54 Å². The zero-order valence-corrected chi connectivity index (χ0v) is 16.0. The first-order chi connectivity index (χ1) is 13.0. The SMILES string of the molecule is Cc1cc2c(cc1C(=O)N1CCC3(CC1)C(=O)NCCCN3C)OCCO2. The Kier molecular flexibility index (Phi) is 4.72. The molecule has 1 aromatic carbocycles. The van der Waals surface area contributed by atoms with E-state index >= 15 is 0 Å². The van der Waals surface area contributed by atoms with Crippen molar-refractivity contribution in [1.29, 1.82) is 0 Å². The number of likely N-dealkylation sites (tertiary alicyclic amines) is 1. The highest BCUT2D eigenvalue weighted by Gasteiger charge is 2.46. The first kappa shape index (κ1) is 18.1. The third-order valence-corrected chi connectivity index (χ3v) is 6.11. The van der Waals surface area contributed by atoms with Crippen LogP contribution >= 0.6 is 0 Å². The number of piperidine rings is 1. The van der Waals surface area contributed by atoms with Gasteiger partial charge in [-0.3, -0.25) is 14.5 Å². The van der Waals surface area contributed by atoms with Crippen LogP contribution in [-0.2, 0) is 4.79 Å². The lowest BCUT2D eigenvalue weighted by Crippen LogP contribution is -2.61. The molecule has 27 heavy (non-hydrogen) atoms. The summed E-state index contributed by atoms with van der Waals surface area (Å²) in [7, 11) is 2.02. The number of ether oxygens (including phenoxy) is 2. The van der Waals surface area contributed by atoms with E-state index in [1.165, 1.54) is 0 Å². The smallest absolute Gasteiger partial charge is 0.254 e. The molecule has 2 amide bonds. The van der Waals surface area contributed by atoms with Crippen LogP contribution in [0.4, 0.5) is 0 Å². The zero-order chi connectivity index (χ0) is 19.0. The predicted molar refractivity (Wildman–Crippen MR) is 100 cm³/mol. The van der Waals surface area contributed by atoms with Gasteiger partial charge in [-0.05, 0) is 50.9 Å². The Morgan fingerprint density at radius 2 is 1.78 bits per heavy atom. The van der Waals surface area contributed by atoms with Gasteiger partial charge in [0.25, 0.3) is 5.91 Å². The average molecular weight is 373 g/mol. The Bertz CT molecular complexity index is 756. The molecule has 3 aliphatic heterocycles. The minimum absolute atomic E-state index is 0.00370. The van der Waals surface area contributed by atoms with E-state index in [0.717, 1.165) is 25.1 Å². The third kappa shape index (κ3) is 3.14. The fourth-order valence-corrected chi connectivity index (χ4v) is 4.35. The normalized spacial score (nSPS) is 22.3. The van der Waals surface area contributed by atoms with Gasteiger partial charge in [0.2, 0.25) is 5.91 Å². The molecule has 3 aliphatic rings. The van der Waals surface area contributed by atoms with Gasteiger partial charge < -0.3 is 19.7 Å². The van der Waals surface area contributed by atoms with Crippen molar-refractivity contribution < 1.29 is 19.1 Å². The Morgan fingerprint density at radius 1 is 1.11 bits per heavy atom. The van der Waals surface area contributed by atoms with E-state index in [0.29, 0.717) is 56.2 Å². The molecule has 0 saturated carbocycles. The molecular weight excluding hydrogens is 346 g/mol. The molecule has 1 N–H and O–H groups in total. The molecular formula is C20H27N3O4. The van der Waals surface area contributed by atoms with Crippen molar-refractivity contribution in [2.75, 3.05) is 46.4 Å². The number of nitrogens with one attached hydrogen (secondary N) is 1. The molecule has 0 radical (unpaired) electrons. The van der Waals surface area contributed by atoms with E-state index in [1.807, 2.05) is 24.9 Å². The molecule has 0 unspecified atom stereocenters. The van der Waals surface area contributed by atoms with Crippen LogP contribution in [0, 0.1) is 6.92 Å². The molecule has 0 atom stereocenters. The zero-order valence-electron chi connectivity index (χ0n) is 16.0. The molecule has 7 nitrogen and oxygen atoms in total. The molecule has 4 rings (SSSR count). The molecule has 0 aliphatic carbocycles. The Balaban J connectivity index is 1.51. The first-order valence-electron chi connectivity index (χ1n) is 9.70. The van der Waals surface area contributed by atoms with Gasteiger partial charge in [-0.15, -0.1) is 0 Å². The lowest BCUT2D eigenvalue weighted by molar-refractivity contribution is -0.134. The van der Waals surface area contributed by atoms with E-state index in [2.05, 4.69) is 10.2 Å². The maximum atomic E-state index is 13.1. The fraction of sp³-hybridized carbons (Fsp3) is 0.600. The van der Waals surface area contributed by atoms with Crippen LogP contribution < -0.4 is 14.8 Å². The quantitative estimate of drug-likeness (QED) is 0.801. The maximum Gasteiger partial charge on any atom is 0.254 e. The number of rotatable bonds is 1. The van der Waals surface area contributed by atoms with Crippen LogP contribution in [0.2, 0.25) is 0 Å². The minimum atomic E-state index is -0.491. The van der Waals surface area contributed by atoms with Crippen molar-refractivity contribution in [2.45, 2.75) is 31.7 Å². The Morgan fingerprint density at radius 3 is 2.48 bits per heavy atom. The van der Waals surface area contributed by atoms with Crippen LogP contribution in [0.25, 0.3) is 0 Å². The highest BCUT2D eigenvalue weighted by molar-refractivity contribution is 5.97. The highest BCUT2D eigenvalue weighted by atomic mass is 16.6. The van der Waals surface area contributed by atoms with Gasteiger partial charge in [0.1, 0.15) is 18.8 Å². The third-order valence-electron chi connectivity index (χ3n) is 6.11. The van der Waals surface area contributed by atoms with Crippen molar-refractivity contribution in [1.82, 2.24) is 15.1 Å². The number of likely N-dealkylation sites (N-methyl/N-ethyl adjacent to an activating group) is 1. The summed E-state index contributed by atoms with van der Waals surface area (Å²) in [4.78, 5) is 29.8. The van der Waals surface area contributed by atoms with Crippen LogP contribution in [0.1, 0.15) is 35.2 Å². The van der Waals surface area contributed by atoms with E-state index in [-0.39, 0.29) is 11.8 Å². The van der Waals surface area contributed by atoms with Gasteiger partial charge >= 0.3 is 0 Å². The Hall–Kier alpha value is -2.28. The number of hydrogen-bond donors (Lipinski definition) is 1. The summed E-state index contributed by atoms with van der Waals surface area (Å²) in [6, 6.07) is 3.67. The summed E-state index contributed by atoms with van der Waals surface area (Å²) in [5.74, 6) is 1.43. The summed E-state index contributed by atoms with van der Waals surface area (Å²) in [5, 5.41) is 3.04. The lowest BCUT2D eigenvalue weighted by Gasteiger charge is -2.45. The second-order valence-electron chi connectivity index (χ2n) is 7.67. The van der Waals surface area contributed by atoms with Crippen LogP contribution in [0.5, 0.6) is 11.5 Å². The van der Waals surface area contributed by atoms with Gasteiger partial charge in [-0.25, -0.2) is 0 Å². The number of amides is 2. The van der Waals surface area contributed by atoms with Crippen molar-refractivity contribution in [2.24, 2.45) is 0 Å². The second kappa shape index (κ2) is 7.03. The van der Waals surface area contributed by atoms with Crippen molar-refractivity contribution in [3.8, 4) is 11.5 Å². The number of hydrogen-bond acceptors (Lipinski definition) is 5. The number of fused-ring (bicyclic) bond motifs is 1. The van der Waals surface area contributed by atoms with E-state index in [1.54, 1.807) is 6.07 Å². The number of nitrogens with zero attached hydrogens (tertiary/aromatic N) is 2. The summed E-state index contributed by atoms with van der Waals surface area (Å²) in [5.41, 5.74) is 1.04. The molecule has 2 saturated heterocycles. The van der Waals surface area contributed by atoms with E-state index in [9.17, 15) is 9.59 Å². The van der Waals surface area contributed by atoms with Gasteiger partial charge in [-0.2, -0.15) is 0 Å². The lowest BCUT2D eigenvalue weighted by atomic mass is 9.84. The summed E-state index contributed by atoms with van der Waals surface area (Å²) >= 11 is 0. The number of carbonyl (C=O) groups is 2. The standard InChI is InChI=1S/C20H27N3O4/c1-14-12-16-17(27-11-10-26-16)13-15(14)18(24)23-8-4-20(5-9-23)19(25)21-6-3-7-22(20)2/h12-13H,3-11H2,1-2H3,(H,21,25). The van der Waals surface area contributed by atoms with Crippen molar-refractivity contribution in [3.63, 3.8) is 0 Å². The average Bonchev–Trinajstić information content (AvgIpc) is 2.81. The van der Waals surface area contributed by atoms with Crippen LogP contribution in [0.15, 0.2) is 12.1 Å². The Labute approximate surface area is 159 Å². The minimum Gasteiger partial charge on any atom is -0.486 e. The predicted octanol–water partition coefficient (Wildman–Crippen LogP) is 1.19. The number of carbonyl (C=O) groups excluding carboxylic acids is 2. The molecule has 146 valence electrons. The maximum absolute atomic E-state index is 13.1. The topological polar surface area (TPSA) is 71.1 Å². The number of benzene rings is 1. The van der Waals surface area contributed by atoms with Crippen LogP contribution in [-0.4, -0.2) is 73.6 Å². The van der Waals surface area contributed by atoms with Crippen molar-refractivity contribution >= 4 is 11.8 Å². The molecule has 3 heterocycles. The molecule has 0 aromatic heterocycles. The van der Waals surface area contributed by atoms with E-state index in [4.69, 9.17) is 9.47 Å². The summed E-state index contributed by atoms with van der Waals surface area (Å²) in [6.45, 7) is 5.72. The largest absolute Gasteiger partial charge is 0.486 e. The second-order valence-corrected chi connectivity index (χ2v) is 7.67. The number of aryl methyl sites for hydroxylation is 1. The van der Waals surface area contributed by atoms with Gasteiger partial charge in [0.15, 0.2) is 11.5 Å². The summed E-state index contributed by atoms with van der Waals surface area (Å²) < 4.78 is 11.2. The van der Waals surface area contributed by atoms with Crippen molar-refractivity contribution in [3.05, 3.63) is 23.3 Å².